The van der Waals surface area contributed by atoms with Crippen molar-refractivity contribution in [3.8, 4) is 0 Å². The summed E-state index contributed by atoms with van der Waals surface area (Å²) in [4.78, 5) is 0.324. The number of hydrogen-bond acceptors (Lipinski definition) is 4. The van der Waals surface area contributed by atoms with E-state index in [1.54, 1.807) is 12.1 Å². The lowest BCUT2D eigenvalue weighted by Gasteiger charge is -2.21. The number of benzene rings is 1. The van der Waals surface area contributed by atoms with Crippen LogP contribution in [0.5, 0.6) is 0 Å². The van der Waals surface area contributed by atoms with E-state index in [1.165, 1.54) is 0 Å². The summed E-state index contributed by atoms with van der Waals surface area (Å²) in [7, 11) is -3.43. The van der Waals surface area contributed by atoms with Crippen LogP contribution in [0.2, 0.25) is 0 Å². The molecule has 1 heterocycles. The summed E-state index contributed by atoms with van der Waals surface area (Å²) in [6, 6.07) is 5.25. The lowest BCUT2D eigenvalue weighted by atomic mass is 10.0. The van der Waals surface area contributed by atoms with Crippen molar-refractivity contribution < 1.29 is 8.42 Å². The van der Waals surface area contributed by atoms with Crippen LogP contribution in [-0.2, 0) is 23.0 Å². The van der Waals surface area contributed by atoms with Crippen molar-refractivity contribution in [1.82, 2.24) is 4.72 Å². The maximum Gasteiger partial charge on any atom is 0.240 e. The first-order valence-electron chi connectivity index (χ1n) is 7.46. The monoisotopic (exact) mass is 328 g/mol. The van der Waals surface area contributed by atoms with Gasteiger partial charge in [-0.05, 0) is 59.9 Å². The molecule has 1 aliphatic heterocycles. The van der Waals surface area contributed by atoms with Crippen molar-refractivity contribution in [3.05, 3.63) is 29.3 Å². The summed E-state index contributed by atoms with van der Waals surface area (Å²) in [5, 5.41) is 0. The predicted molar refractivity (Wildman–Crippen MR) is 88.9 cm³/mol. The minimum Gasteiger partial charge on any atom is -0.326 e. The molecule has 1 aliphatic rings. The molecule has 1 aromatic carbocycles. The molecule has 1 aromatic rings. The average molecular weight is 329 g/mol. The van der Waals surface area contributed by atoms with Gasteiger partial charge in [0.1, 0.15) is 0 Å². The van der Waals surface area contributed by atoms with Crippen LogP contribution in [0.1, 0.15) is 30.9 Å². The van der Waals surface area contributed by atoms with Crippen LogP contribution in [0, 0.1) is 5.92 Å². The Labute approximate surface area is 131 Å². The van der Waals surface area contributed by atoms with Crippen molar-refractivity contribution in [1.29, 1.82) is 0 Å². The second kappa shape index (κ2) is 7.63. The van der Waals surface area contributed by atoms with Gasteiger partial charge in [-0.1, -0.05) is 13.0 Å². The highest BCUT2D eigenvalue weighted by Crippen LogP contribution is 2.23. The number of rotatable bonds is 6. The zero-order chi connectivity index (χ0) is 15.3. The van der Waals surface area contributed by atoms with Crippen LogP contribution < -0.4 is 10.5 Å². The largest absolute Gasteiger partial charge is 0.326 e. The number of nitrogens with one attached hydrogen (secondary N) is 1. The zero-order valence-electron chi connectivity index (χ0n) is 12.5. The maximum atomic E-state index is 12.4. The standard InChI is InChI=1S/C15H24N2O2S2/c1-2-13-3-4-15(9-14(13)10-16)21(18,19)17-11-12-5-7-20-8-6-12/h3-4,9,12,17H,2,5-8,10-11,16H2,1H3. The fourth-order valence-electron chi connectivity index (χ4n) is 2.57. The molecule has 3 N–H and O–H groups in total. The Kier molecular flexibility index (Phi) is 6.10. The summed E-state index contributed by atoms with van der Waals surface area (Å²) in [5.41, 5.74) is 7.74. The van der Waals surface area contributed by atoms with E-state index in [2.05, 4.69) is 4.72 Å². The minimum atomic E-state index is -3.43. The molecule has 2 rings (SSSR count). The molecular formula is C15H24N2O2S2. The molecule has 0 spiro atoms. The number of nitrogens with two attached hydrogens (primary N) is 1. The highest BCUT2D eigenvalue weighted by molar-refractivity contribution is 7.99. The van der Waals surface area contributed by atoms with E-state index in [0.717, 1.165) is 41.9 Å². The molecule has 0 atom stereocenters. The smallest absolute Gasteiger partial charge is 0.240 e. The highest BCUT2D eigenvalue weighted by Gasteiger charge is 2.19. The average Bonchev–Trinajstić information content (AvgIpc) is 2.53. The zero-order valence-corrected chi connectivity index (χ0v) is 14.1. The van der Waals surface area contributed by atoms with Crippen LogP contribution in [0.25, 0.3) is 0 Å². The predicted octanol–water partition coefficient (Wildman–Crippen LogP) is 2.13. The Hall–Kier alpha value is -0.560. The number of sulfonamides is 1. The van der Waals surface area contributed by atoms with Crippen LogP contribution in [0.4, 0.5) is 0 Å². The molecule has 0 saturated carbocycles. The first kappa shape index (κ1) is 16.8. The Morgan fingerprint density at radius 2 is 2.00 bits per heavy atom. The lowest BCUT2D eigenvalue weighted by Crippen LogP contribution is -2.31. The van der Waals surface area contributed by atoms with Gasteiger partial charge in [-0.3, -0.25) is 0 Å². The molecule has 21 heavy (non-hydrogen) atoms. The normalized spacial score (nSPS) is 17.0. The molecule has 0 aliphatic carbocycles. The molecule has 0 amide bonds. The first-order valence-corrected chi connectivity index (χ1v) is 10.1. The molecular weight excluding hydrogens is 304 g/mol. The van der Waals surface area contributed by atoms with Crippen molar-refractivity contribution in [3.63, 3.8) is 0 Å². The summed E-state index contributed by atoms with van der Waals surface area (Å²) in [6.07, 6.45) is 3.05. The van der Waals surface area contributed by atoms with Gasteiger partial charge in [0.2, 0.25) is 10.0 Å². The summed E-state index contributed by atoms with van der Waals surface area (Å²) in [6.45, 7) is 2.95. The summed E-state index contributed by atoms with van der Waals surface area (Å²) in [5.74, 6) is 2.73. The van der Waals surface area contributed by atoms with Gasteiger partial charge >= 0.3 is 0 Å². The SMILES string of the molecule is CCc1ccc(S(=O)(=O)NCC2CCSCC2)cc1CN. The van der Waals surface area contributed by atoms with Crippen LogP contribution in [-0.4, -0.2) is 26.5 Å². The van der Waals surface area contributed by atoms with Crippen molar-refractivity contribution in [2.24, 2.45) is 11.7 Å². The molecule has 6 heteroatoms. The molecule has 0 aromatic heterocycles. The van der Waals surface area contributed by atoms with Crippen LogP contribution >= 0.6 is 11.8 Å². The van der Waals surface area contributed by atoms with E-state index in [1.807, 2.05) is 24.8 Å². The van der Waals surface area contributed by atoms with Gasteiger partial charge in [-0.2, -0.15) is 11.8 Å². The molecule has 0 bridgehead atoms. The third kappa shape index (κ3) is 4.45. The number of thioether (sulfide) groups is 1. The Balaban J connectivity index is 2.07. The first-order chi connectivity index (χ1) is 10.1. The van der Waals surface area contributed by atoms with E-state index < -0.39 is 10.0 Å². The molecule has 0 radical (unpaired) electrons. The molecule has 118 valence electrons. The quantitative estimate of drug-likeness (QED) is 0.839. The summed E-state index contributed by atoms with van der Waals surface area (Å²) >= 11 is 1.95. The third-order valence-electron chi connectivity index (χ3n) is 3.99. The number of aryl methyl sites for hydroxylation is 1. The molecule has 1 fully saturated rings. The van der Waals surface area contributed by atoms with E-state index in [9.17, 15) is 8.42 Å². The Morgan fingerprint density at radius 1 is 1.29 bits per heavy atom. The van der Waals surface area contributed by atoms with Crippen LogP contribution in [0.15, 0.2) is 23.1 Å². The minimum absolute atomic E-state index is 0.324. The van der Waals surface area contributed by atoms with Crippen molar-refractivity contribution in [2.45, 2.75) is 37.6 Å². The lowest BCUT2D eigenvalue weighted by molar-refractivity contribution is 0.476. The van der Waals surface area contributed by atoms with E-state index >= 15 is 0 Å². The van der Waals surface area contributed by atoms with Crippen molar-refractivity contribution in [2.75, 3.05) is 18.1 Å². The third-order valence-corrected chi connectivity index (χ3v) is 6.46. The van der Waals surface area contributed by atoms with Gasteiger partial charge in [-0.15, -0.1) is 0 Å². The van der Waals surface area contributed by atoms with Gasteiger partial charge in [-0.25, -0.2) is 13.1 Å². The fraction of sp³-hybridized carbons (Fsp3) is 0.600. The molecule has 1 saturated heterocycles. The van der Waals surface area contributed by atoms with Crippen molar-refractivity contribution >= 4 is 21.8 Å². The van der Waals surface area contributed by atoms with E-state index in [0.29, 0.717) is 23.9 Å². The molecule has 4 nitrogen and oxygen atoms in total. The Bertz CT molecular complexity index is 567. The van der Waals surface area contributed by atoms with Gasteiger partial charge in [0.25, 0.3) is 0 Å². The van der Waals surface area contributed by atoms with Gasteiger partial charge in [0, 0.05) is 13.1 Å². The van der Waals surface area contributed by atoms with E-state index in [4.69, 9.17) is 5.73 Å². The van der Waals surface area contributed by atoms with Gasteiger partial charge < -0.3 is 5.73 Å². The second-order valence-corrected chi connectivity index (χ2v) is 8.39. The topological polar surface area (TPSA) is 72.2 Å². The summed E-state index contributed by atoms with van der Waals surface area (Å²) < 4.78 is 27.5. The maximum absolute atomic E-state index is 12.4. The molecule has 0 unspecified atom stereocenters. The second-order valence-electron chi connectivity index (χ2n) is 5.40. The van der Waals surface area contributed by atoms with E-state index in [-0.39, 0.29) is 0 Å². The van der Waals surface area contributed by atoms with Gasteiger partial charge in [0.05, 0.1) is 4.90 Å². The van der Waals surface area contributed by atoms with Gasteiger partial charge in [0.15, 0.2) is 0 Å². The Morgan fingerprint density at radius 3 is 2.62 bits per heavy atom. The number of hydrogen-bond donors (Lipinski definition) is 2. The highest BCUT2D eigenvalue weighted by atomic mass is 32.2. The van der Waals surface area contributed by atoms with Crippen LogP contribution in [0.3, 0.4) is 0 Å². The fourth-order valence-corrected chi connectivity index (χ4v) is 4.94.